The maximum atomic E-state index is 11.3. The molecular formula is C9H14N2O. The molecule has 0 bridgehead atoms. The summed E-state index contributed by atoms with van der Waals surface area (Å²) in [5, 5.41) is 0. The Kier molecular flexibility index (Phi) is 2.63. The summed E-state index contributed by atoms with van der Waals surface area (Å²) >= 11 is 0. The van der Waals surface area contributed by atoms with E-state index in [0.29, 0.717) is 0 Å². The number of H-pyrrole nitrogens is 1. The molecule has 3 heteroatoms. The molecule has 1 aromatic heterocycles. The minimum atomic E-state index is -0.00352. The largest absolute Gasteiger partial charge is 0.310 e. The van der Waals surface area contributed by atoms with Crippen LogP contribution in [-0.4, -0.2) is 9.97 Å². The Balaban J connectivity index is 3.11. The van der Waals surface area contributed by atoms with Gasteiger partial charge in [0, 0.05) is 17.7 Å². The Morgan fingerprint density at radius 1 is 1.58 bits per heavy atom. The summed E-state index contributed by atoms with van der Waals surface area (Å²) in [7, 11) is 0. The molecule has 0 atom stereocenters. The molecule has 0 spiro atoms. The number of nitrogens with one attached hydrogen (secondary N) is 1. The normalized spacial score (nSPS) is 10.7. The van der Waals surface area contributed by atoms with Crippen molar-refractivity contribution in [2.45, 2.75) is 33.1 Å². The van der Waals surface area contributed by atoms with E-state index in [2.05, 4.69) is 9.97 Å². The summed E-state index contributed by atoms with van der Waals surface area (Å²) in [5.74, 6) is 1.04. The molecule has 0 amide bonds. The second kappa shape index (κ2) is 3.52. The third-order valence-corrected chi connectivity index (χ3v) is 1.82. The van der Waals surface area contributed by atoms with Crippen LogP contribution in [0.5, 0.6) is 0 Å². The average molecular weight is 166 g/mol. The third kappa shape index (κ3) is 1.72. The van der Waals surface area contributed by atoms with Gasteiger partial charge in [-0.15, -0.1) is 0 Å². The van der Waals surface area contributed by atoms with Crippen LogP contribution in [0.3, 0.4) is 0 Å². The predicted molar refractivity (Wildman–Crippen MR) is 48.3 cm³/mol. The molecule has 1 N–H and O–H groups in total. The molecular weight excluding hydrogens is 152 g/mol. The zero-order valence-corrected chi connectivity index (χ0v) is 7.72. The van der Waals surface area contributed by atoms with Gasteiger partial charge in [-0.3, -0.25) is 4.79 Å². The van der Waals surface area contributed by atoms with Gasteiger partial charge in [0.05, 0.1) is 0 Å². The van der Waals surface area contributed by atoms with E-state index in [1.807, 2.05) is 20.8 Å². The van der Waals surface area contributed by atoms with Crippen molar-refractivity contribution < 1.29 is 0 Å². The number of hydrogen-bond donors (Lipinski definition) is 1. The van der Waals surface area contributed by atoms with E-state index in [1.54, 1.807) is 6.20 Å². The molecule has 0 saturated carbocycles. The van der Waals surface area contributed by atoms with Gasteiger partial charge in [-0.2, -0.15) is 0 Å². The summed E-state index contributed by atoms with van der Waals surface area (Å²) in [6.07, 6.45) is 2.40. The van der Waals surface area contributed by atoms with E-state index in [4.69, 9.17) is 0 Å². The fourth-order valence-electron chi connectivity index (χ4n) is 0.980. The molecule has 1 heterocycles. The van der Waals surface area contributed by atoms with Crippen LogP contribution in [0, 0.1) is 0 Å². The van der Waals surface area contributed by atoms with Crippen LogP contribution in [-0.2, 0) is 6.42 Å². The standard InChI is InChI=1S/C9H14N2O/c1-4-7-5-10-8(6(2)3)11-9(7)12/h5-6H,4H2,1-3H3,(H,10,11,12). The minimum Gasteiger partial charge on any atom is -0.310 e. The SMILES string of the molecule is CCc1cnc(C(C)C)[nH]c1=O. The van der Waals surface area contributed by atoms with Crippen molar-refractivity contribution in [3.8, 4) is 0 Å². The molecule has 0 fully saturated rings. The number of aryl methyl sites for hydroxylation is 1. The number of nitrogens with zero attached hydrogens (tertiary/aromatic N) is 1. The van der Waals surface area contributed by atoms with E-state index in [9.17, 15) is 4.79 Å². The van der Waals surface area contributed by atoms with Gasteiger partial charge in [-0.25, -0.2) is 4.98 Å². The highest BCUT2D eigenvalue weighted by Gasteiger charge is 2.03. The molecule has 0 unspecified atom stereocenters. The van der Waals surface area contributed by atoms with Crippen molar-refractivity contribution in [1.29, 1.82) is 0 Å². The van der Waals surface area contributed by atoms with Crippen LogP contribution in [0.15, 0.2) is 11.0 Å². The van der Waals surface area contributed by atoms with Crippen LogP contribution < -0.4 is 5.56 Å². The second-order valence-corrected chi connectivity index (χ2v) is 3.13. The Morgan fingerprint density at radius 3 is 2.67 bits per heavy atom. The Bertz CT molecular complexity index is 315. The van der Waals surface area contributed by atoms with Gasteiger partial charge in [-0.05, 0) is 6.42 Å². The van der Waals surface area contributed by atoms with Gasteiger partial charge < -0.3 is 4.98 Å². The first-order valence-corrected chi connectivity index (χ1v) is 4.23. The van der Waals surface area contributed by atoms with E-state index in [-0.39, 0.29) is 11.5 Å². The quantitative estimate of drug-likeness (QED) is 0.722. The molecule has 3 nitrogen and oxygen atoms in total. The minimum absolute atomic E-state index is 0.00352. The fraction of sp³-hybridized carbons (Fsp3) is 0.556. The van der Waals surface area contributed by atoms with Gasteiger partial charge in [0.15, 0.2) is 0 Å². The van der Waals surface area contributed by atoms with Crippen molar-refractivity contribution in [2.75, 3.05) is 0 Å². The molecule has 0 saturated heterocycles. The number of hydrogen-bond acceptors (Lipinski definition) is 2. The first-order valence-electron chi connectivity index (χ1n) is 4.23. The van der Waals surface area contributed by atoms with Crippen LogP contribution in [0.1, 0.15) is 38.1 Å². The number of rotatable bonds is 2. The molecule has 0 aliphatic rings. The summed E-state index contributed by atoms with van der Waals surface area (Å²) in [4.78, 5) is 18.2. The molecule has 1 rings (SSSR count). The molecule has 12 heavy (non-hydrogen) atoms. The van der Waals surface area contributed by atoms with Crippen molar-refractivity contribution >= 4 is 0 Å². The van der Waals surface area contributed by atoms with Gasteiger partial charge in [0.25, 0.3) is 5.56 Å². The first-order chi connectivity index (χ1) is 5.65. The summed E-state index contributed by atoms with van der Waals surface area (Å²) in [5.41, 5.74) is 0.746. The number of aromatic amines is 1. The first kappa shape index (κ1) is 8.97. The van der Waals surface area contributed by atoms with Crippen molar-refractivity contribution in [3.63, 3.8) is 0 Å². The van der Waals surface area contributed by atoms with E-state index < -0.39 is 0 Å². The van der Waals surface area contributed by atoms with Gasteiger partial charge >= 0.3 is 0 Å². The molecule has 0 aliphatic heterocycles. The van der Waals surface area contributed by atoms with Crippen molar-refractivity contribution in [2.24, 2.45) is 0 Å². The molecule has 1 aromatic rings. The lowest BCUT2D eigenvalue weighted by molar-refractivity contribution is 0.758. The van der Waals surface area contributed by atoms with Crippen LogP contribution in [0.4, 0.5) is 0 Å². The zero-order valence-electron chi connectivity index (χ0n) is 7.72. The van der Waals surface area contributed by atoms with E-state index >= 15 is 0 Å². The third-order valence-electron chi connectivity index (χ3n) is 1.82. The van der Waals surface area contributed by atoms with Gasteiger partial charge in [-0.1, -0.05) is 20.8 Å². The van der Waals surface area contributed by atoms with Crippen LogP contribution >= 0.6 is 0 Å². The molecule has 0 aromatic carbocycles. The maximum Gasteiger partial charge on any atom is 0.254 e. The Labute approximate surface area is 71.9 Å². The Morgan fingerprint density at radius 2 is 2.25 bits per heavy atom. The zero-order chi connectivity index (χ0) is 9.14. The highest BCUT2D eigenvalue weighted by atomic mass is 16.1. The summed E-state index contributed by atoms with van der Waals surface area (Å²) < 4.78 is 0. The topological polar surface area (TPSA) is 45.8 Å². The van der Waals surface area contributed by atoms with Crippen molar-refractivity contribution in [3.05, 3.63) is 27.9 Å². The lowest BCUT2D eigenvalue weighted by atomic mass is 10.2. The molecule has 0 radical (unpaired) electrons. The van der Waals surface area contributed by atoms with Crippen LogP contribution in [0.2, 0.25) is 0 Å². The summed E-state index contributed by atoms with van der Waals surface area (Å²) in [6.45, 7) is 5.95. The average Bonchev–Trinajstić information content (AvgIpc) is 2.04. The van der Waals surface area contributed by atoms with Crippen LogP contribution in [0.25, 0.3) is 0 Å². The second-order valence-electron chi connectivity index (χ2n) is 3.13. The summed E-state index contributed by atoms with van der Waals surface area (Å²) in [6, 6.07) is 0. The Hall–Kier alpha value is -1.12. The highest BCUT2D eigenvalue weighted by Crippen LogP contribution is 2.05. The van der Waals surface area contributed by atoms with Crippen molar-refractivity contribution in [1.82, 2.24) is 9.97 Å². The number of aromatic nitrogens is 2. The van der Waals surface area contributed by atoms with E-state index in [1.165, 1.54) is 0 Å². The molecule has 0 aliphatic carbocycles. The van der Waals surface area contributed by atoms with Gasteiger partial charge in [0.1, 0.15) is 5.82 Å². The monoisotopic (exact) mass is 166 g/mol. The van der Waals surface area contributed by atoms with E-state index in [0.717, 1.165) is 17.8 Å². The lowest BCUT2D eigenvalue weighted by Crippen LogP contribution is -2.16. The molecule has 66 valence electrons. The maximum absolute atomic E-state index is 11.3. The fourth-order valence-corrected chi connectivity index (χ4v) is 0.980. The lowest BCUT2D eigenvalue weighted by Gasteiger charge is -2.03. The van der Waals surface area contributed by atoms with Gasteiger partial charge in [0.2, 0.25) is 0 Å². The predicted octanol–water partition coefficient (Wildman–Crippen LogP) is 1.46. The highest BCUT2D eigenvalue weighted by molar-refractivity contribution is 5.06. The smallest absolute Gasteiger partial charge is 0.254 e.